The van der Waals surface area contributed by atoms with Gasteiger partial charge in [-0.2, -0.15) is 0 Å². The van der Waals surface area contributed by atoms with Gasteiger partial charge in [-0.1, -0.05) is 25.2 Å². The Hall–Kier alpha value is -3.31. The molecule has 0 saturated carbocycles. The van der Waals surface area contributed by atoms with E-state index in [1.165, 1.54) is 16.2 Å². The minimum atomic E-state index is -0.730. The van der Waals surface area contributed by atoms with E-state index in [0.717, 1.165) is 27.6 Å². The lowest BCUT2D eigenvalue weighted by Gasteiger charge is -2.32. The molecule has 1 aliphatic heterocycles. The summed E-state index contributed by atoms with van der Waals surface area (Å²) in [5, 5.41) is 5.84. The van der Waals surface area contributed by atoms with Crippen LogP contribution in [0.15, 0.2) is 23.6 Å². The Kier molecular flexibility index (Phi) is 7.18. The molecule has 3 heterocycles. The van der Waals surface area contributed by atoms with E-state index >= 15 is 0 Å². The second kappa shape index (κ2) is 10.1. The molecule has 11 heteroatoms. The number of anilines is 2. The van der Waals surface area contributed by atoms with Crippen LogP contribution in [0.4, 0.5) is 10.8 Å². The summed E-state index contributed by atoms with van der Waals surface area (Å²) >= 11 is 2.58. The third kappa shape index (κ3) is 5.51. The van der Waals surface area contributed by atoms with Crippen LogP contribution in [0.3, 0.4) is 0 Å². The van der Waals surface area contributed by atoms with Crippen LogP contribution in [0.1, 0.15) is 41.1 Å². The van der Waals surface area contributed by atoms with Gasteiger partial charge in [0.05, 0.1) is 28.7 Å². The van der Waals surface area contributed by atoms with E-state index in [0.29, 0.717) is 28.6 Å². The number of thiazole rings is 2. The lowest BCUT2D eigenvalue weighted by Crippen LogP contribution is -2.47. The van der Waals surface area contributed by atoms with E-state index in [1.54, 1.807) is 26.0 Å². The third-order valence-electron chi connectivity index (χ3n) is 5.16. The van der Waals surface area contributed by atoms with Gasteiger partial charge in [0.1, 0.15) is 17.2 Å². The Morgan fingerprint density at radius 3 is 2.71 bits per heavy atom. The van der Waals surface area contributed by atoms with Crippen molar-refractivity contribution >= 4 is 51.3 Å². The molecule has 184 valence electrons. The number of rotatable bonds is 7. The van der Waals surface area contributed by atoms with Gasteiger partial charge in [0.25, 0.3) is 5.91 Å². The van der Waals surface area contributed by atoms with Gasteiger partial charge in [-0.25, -0.2) is 14.8 Å². The lowest BCUT2D eigenvalue weighted by molar-refractivity contribution is -0.127. The molecule has 0 bridgehead atoms. The van der Waals surface area contributed by atoms with Crippen molar-refractivity contribution in [1.29, 1.82) is 0 Å². The summed E-state index contributed by atoms with van der Waals surface area (Å²) in [4.78, 5) is 48.7. The standard InChI is InChI=1S/C24H26N4O5S2/c1-12(2)10-32-23(31)21-13(3)25-24(35-21)27-20(29)9-28-18-8-16(17-11-34-15(5)26-17)6-7-19(18)33-14(4)22(28)30/h6-8,11-12,14H,9-10H2,1-5H3,(H,25,27,29). The molecule has 2 amide bonds. The van der Waals surface area contributed by atoms with E-state index in [2.05, 4.69) is 15.3 Å². The summed E-state index contributed by atoms with van der Waals surface area (Å²) in [6.07, 6.45) is -0.730. The third-order valence-corrected chi connectivity index (χ3v) is 6.99. The summed E-state index contributed by atoms with van der Waals surface area (Å²) in [6.45, 7) is 9.22. The highest BCUT2D eigenvalue weighted by atomic mass is 32.1. The molecule has 4 rings (SSSR count). The van der Waals surface area contributed by atoms with E-state index < -0.39 is 18.0 Å². The quantitative estimate of drug-likeness (QED) is 0.464. The number of amides is 2. The number of carbonyl (C=O) groups excluding carboxylic acids is 3. The number of esters is 1. The van der Waals surface area contributed by atoms with Gasteiger partial charge in [0.2, 0.25) is 5.91 Å². The maximum Gasteiger partial charge on any atom is 0.350 e. The fourth-order valence-electron chi connectivity index (χ4n) is 3.48. The fourth-order valence-corrected chi connectivity index (χ4v) is 4.97. The zero-order chi connectivity index (χ0) is 25.3. The van der Waals surface area contributed by atoms with Crippen molar-refractivity contribution in [3.63, 3.8) is 0 Å². The highest BCUT2D eigenvalue weighted by molar-refractivity contribution is 7.17. The number of aromatic nitrogens is 2. The number of aryl methyl sites for hydroxylation is 2. The largest absolute Gasteiger partial charge is 0.479 e. The van der Waals surface area contributed by atoms with Gasteiger partial charge in [0.15, 0.2) is 11.2 Å². The average molecular weight is 515 g/mol. The number of benzene rings is 1. The number of fused-ring (bicyclic) bond motifs is 1. The minimum Gasteiger partial charge on any atom is -0.479 e. The van der Waals surface area contributed by atoms with Crippen molar-refractivity contribution in [1.82, 2.24) is 9.97 Å². The van der Waals surface area contributed by atoms with Crippen LogP contribution in [0, 0.1) is 19.8 Å². The van der Waals surface area contributed by atoms with Gasteiger partial charge in [-0.05, 0) is 44.9 Å². The number of carbonyl (C=O) groups is 3. The molecule has 1 N–H and O–H groups in total. The van der Waals surface area contributed by atoms with Gasteiger partial charge in [0, 0.05) is 10.9 Å². The predicted molar refractivity (Wildman–Crippen MR) is 135 cm³/mol. The Morgan fingerprint density at radius 1 is 1.26 bits per heavy atom. The second-order valence-corrected chi connectivity index (χ2v) is 10.7. The predicted octanol–water partition coefficient (Wildman–Crippen LogP) is 4.45. The first-order valence-corrected chi connectivity index (χ1v) is 12.8. The molecular weight excluding hydrogens is 488 g/mol. The first-order valence-electron chi connectivity index (χ1n) is 11.1. The van der Waals surface area contributed by atoms with Gasteiger partial charge < -0.3 is 14.8 Å². The van der Waals surface area contributed by atoms with E-state index in [9.17, 15) is 14.4 Å². The SMILES string of the molecule is Cc1nc(-c2ccc3c(c2)N(CC(=O)Nc2nc(C)c(C(=O)OCC(C)C)s2)C(=O)C(C)O3)cs1. The molecular formula is C24H26N4O5S2. The van der Waals surface area contributed by atoms with Crippen LogP contribution in [-0.2, 0) is 14.3 Å². The summed E-state index contributed by atoms with van der Waals surface area (Å²) in [6, 6.07) is 5.47. The van der Waals surface area contributed by atoms with Crippen molar-refractivity contribution in [3.05, 3.63) is 39.2 Å². The summed E-state index contributed by atoms with van der Waals surface area (Å²) in [7, 11) is 0. The molecule has 0 radical (unpaired) electrons. The number of nitrogens with zero attached hydrogens (tertiary/aromatic N) is 3. The molecule has 0 spiro atoms. The zero-order valence-corrected chi connectivity index (χ0v) is 21.7. The highest BCUT2D eigenvalue weighted by Crippen LogP contribution is 2.37. The van der Waals surface area contributed by atoms with Crippen LogP contribution in [-0.4, -0.2) is 47.0 Å². The fraction of sp³-hybridized carbons (Fsp3) is 0.375. The Morgan fingerprint density at radius 2 is 2.03 bits per heavy atom. The first-order chi connectivity index (χ1) is 16.6. The second-order valence-electron chi connectivity index (χ2n) is 8.59. The van der Waals surface area contributed by atoms with Gasteiger partial charge in [-0.3, -0.25) is 14.5 Å². The van der Waals surface area contributed by atoms with E-state index in [-0.39, 0.29) is 23.5 Å². The van der Waals surface area contributed by atoms with Crippen molar-refractivity contribution in [2.45, 2.75) is 40.7 Å². The molecule has 3 aromatic rings. The zero-order valence-electron chi connectivity index (χ0n) is 20.1. The molecule has 1 atom stereocenters. The van der Waals surface area contributed by atoms with Crippen molar-refractivity contribution in [2.24, 2.45) is 5.92 Å². The topological polar surface area (TPSA) is 111 Å². The molecule has 1 aromatic carbocycles. The van der Waals surface area contributed by atoms with Crippen LogP contribution >= 0.6 is 22.7 Å². The normalized spacial score (nSPS) is 15.1. The molecule has 1 unspecified atom stereocenters. The molecule has 0 aliphatic carbocycles. The molecule has 0 fully saturated rings. The van der Waals surface area contributed by atoms with Crippen LogP contribution in [0.25, 0.3) is 11.3 Å². The van der Waals surface area contributed by atoms with Crippen molar-refractivity contribution in [3.8, 4) is 17.0 Å². The number of hydrogen-bond donors (Lipinski definition) is 1. The number of nitrogens with one attached hydrogen (secondary N) is 1. The monoisotopic (exact) mass is 514 g/mol. The van der Waals surface area contributed by atoms with Gasteiger partial charge in [-0.15, -0.1) is 11.3 Å². The van der Waals surface area contributed by atoms with E-state index in [4.69, 9.17) is 9.47 Å². The van der Waals surface area contributed by atoms with Crippen LogP contribution in [0.5, 0.6) is 5.75 Å². The summed E-state index contributed by atoms with van der Waals surface area (Å²) in [5.74, 6) is -0.509. The molecule has 0 saturated heterocycles. The molecule has 2 aromatic heterocycles. The molecule has 9 nitrogen and oxygen atoms in total. The summed E-state index contributed by atoms with van der Waals surface area (Å²) < 4.78 is 11.0. The lowest BCUT2D eigenvalue weighted by atomic mass is 10.1. The van der Waals surface area contributed by atoms with E-state index in [1.807, 2.05) is 32.2 Å². The molecule has 1 aliphatic rings. The number of ether oxygens (including phenoxy) is 2. The maximum atomic E-state index is 12.9. The van der Waals surface area contributed by atoms with Crippen LogP contribution < -0.4 is 15.0 Å². The molecule has 35 heavy (non-hydrogen) atoms. The van der Waals surface area contributed by atoms with Crippen molar-refractivity contribution in [2.75, 3.05) is 23.4 Å². The van der Waals surface area contributed by atoms with Crippen LogP contribution in [0.2, 0.25) is 0 Å². The number of hydrogen-bond acceptors (Lipinski definition) is 9. The first kappa shape index (κ1) is 24.8. The van der Waals surface area contributed by atoms with Gasteiger partial charge >= 0.3 is 5.97 Å². The smallest absolute Gasteiger partial charge is 0.350 e. The Balaban J connectivity index is 1.52. The minimum absolute atomic E-state index is 0.211. The average Bonchev–Trinajstić information content (AvgIpc) is 3.40. The maximum absolute atomic E-state index is 12.9. The highest BCUT2D eigenvalue weighted by Gasteiger charge is 2.33. The Bertz CT molecular complexity index is 1280. The van der Waals surface area contributed by atoms with Crippen molar-refractivity contribution < 1.29 is 23.9 Å². The Labute approximate surface area is 211 Å². The summed E-state index contributed by atoms with van der Waals surface area (Å²) in [5.41, 5.74) is 2.59.